The van der Waals surface area contributed by atoms with Gasteiger partial charge in [0.2, 0.25) is 0 Å². The molecular formula is C23H17ClF3N3O4. The number of methoxy groups -OCH3 is 2. The summed E-state index contributed by atoms with van der Waals surface area (Å²) in [5, 5.41) is 9.52. The molecule has 2 aromatic rings. The van der Waals surface area contributed by atoms with Gasteiger partial charge in [0.05, 0.1) is 53.6 Å². The van der Waals surface area contributed by atoms with Crippen molar-refractivity contribution in [2.45, 2.75) is 12.1 Å². The molecule has 2 N–H and O–H groups in total. The number of para-hydroxylation sites is 1. The Morgan fingerprint density at radius 3 is 2.21 bits per heavy atom. The lowest BCUT2D eigenvalue weighted by molar-refractivity contribution is -0.139. The Morgan fingerprint density at radius 2 is 1.68 bits per heavy atom. The number of ether oxygens (including phenoxy) is 2. The summed E-state index contributed by atoms with van der Waals surface area (Å²) in [7, 11) is 2.01. The molecule has 34 heavy (non-hydrogen) atoms. The van der Waals surface area contributed by atoms with Gasteiger partial charge in [-0.2, -0.15) is 18.4 Å². The third kappa shape index (κ3) is 4.18. The van der Waals surface area contributed by atoms with E-state index in [1.807, 2.05) is 6.07 Å². The summed E-state index contributed by atoms with van der Waals surface area (Å²) in [6.07, 6.45) is -4.92. The Balaban J connectivity index is 2.52. The molecule has 0 amide bonds. The third-order valence-corrected chi connectivity index (χ3v) is 5.43. The molecule has 0 spiro atoms. The highest BCUT2D eigenvalue weighted by Crippen LogP contribution is 2.48. The lowest BCUT2D eigenvalue weighted by Gasteiger charge is -2.37. The van der Waals surface area contributed by atoms with Gasteiger partial charge in [-0.15, -0.1) is 0 Å². The van der Waals surface area contributed by atoms with Crippen LogP contribution in [0.2, 0.25) is 5.02 Å². The normalized spacial score (nSPS) is 16.3. The zero-order valence-corrected chi connectivity index (χ0v) is 18.6. The molecule has 0 aromatic heterocycles. The number of carbonyl (C=O) groups is 2. The summed E-state index contributed by atoms with van der Waals surface area (Å²) >= 11 is 6.16. The van der Waals surface area contributed by atoms with Gasteiger partial charge in [-0.3, -0.25) is 4.90 Å². The minimum atomic E-state index is -4.92. The van der Waals surface area contributed by atoms with E-state index in [2.05, 4.69) is 0 Å². The molecule has 2 aromatic carbocycles. The monoisotopic (exact) mass is 491 g/mol. The van der Waals surface area contributed by atoms with E-state index in [1.165, 1.54) is 0 Å². The zero-order valence-electron chi connectivity index (χ0n) is 17.8. The van der Waals surface area contributed by atoms with Gasteiger partial charge in [0.25, 0.3) is 0 Å². The van der Waals surface area contributed by atoms with Crippen molar-refractivity contribution in [3.8, 4) is 6.07 Å². The molecule has 1 aliphatic rings. The average Bonchev–Trinajstić information content (AvgIpc) is 2.82. The topological polar surface area (TPSA) is 106 Å². The Kier molecular flexibility index (Phi) is 6.88. The fraction of sp³-hybridized carbons (Fsp3) is 0.174. The first-order chi connectivity index (χ1) is 16.1. The van der Waals surface area contributed by atoms with E-state index >= 15 is 0 Å². The highest BCUT2D eigenvalue weighted by Gasteiger charge is 2.46. The minimum absolute atomic E-state index is 0.285. The van der Waals surface area contributed by atoms with Gasteiger partial charge in [-0.1, -0.05) is 48.0 Å². The number of nitrogens with zero attached hydrogens (tertiary/aromatic N) is 2. The number of esters is 2. The first-order valence-corrected chi connectivity index (χ1v) is 9.97. The highest BCUT2D eigenvalue weighted by molar-refractivity contribution is 6.33. The maximum atomic E-state index is 13.9. The van der Waals surface area contributed by atoms with Crippen LogP contribution in [0.3, 0.4) is 0 Å². The molecule has 0 saturated carbocycles. The smallest absolute Gasteiger partial charge is 0.418 e. The number of rotatable bonds is 4. The van der Waals surface area contributed by atoms with Crippen LogP contribution >= 0.6 is 11.6 Å². The molecule has 7 nitrogen and oxygen atoms in total. The second-order valence-corrected chi connectivity index (χ2v) is 7.38. The van der Waals surface area contributed by atoms with E-state index in [9.17, 15) is 28.0 Å². The number of benzene rings is 2. The van der Waals surface area contributed by atoms with Crippen LogP contribution < -0.4 is 10.6 Å². The Labute approximate surface area is 197 Å². The second kappa shape index (κ2) is 9.49. The van der Waals surface area contributed by atoms with E-state index in [0.717, 1.165) is 32.4 Å². The highest BCUT2D eigenvalue weighted by atomic mass is 35.5. The summed E-state index contributed by atoms with van der Waals surface area (Å²) in [5.74, 6) is -4.00. The van der Waals surface area contributed by atoms with Gasteiger partial charge in [0.1, 0.15) is 11.5 Å². The van der Waals surface area contributed by atoms with E-state index in [0.29, 0.717) is 10.5 Å². The maximum absolute atomic E-state index is 13.9. The van der Waals surface area contributed by atoms with Crippen molar-refractivity contribution in [3.05, 3.63) is 87.3 Å². The molecule has 0 radical (unpaired) electrons. The summed E-state index contributed by atoms with van der Waals surface area (Å²) in [6.45, 7) is 0. The summed E-state index contributed by atoms with van der Waals surface area (Å²) in [6, 6.07) is 12.9. The fourth-order valence-corrected chi connectivity index (χ4v) is 3.98. The van der Waals surface area contributed by atoms with Gasteiger partial charge in [0, 0.05) is 0 Å². The van der Waals surface area contributed by atoms with Crippen molar-refractivity contribution in [1.29, 1.82) is 5.26 Å². The maximum Gasteiger partial charge on any atom is 0.418 e. The van der Waals surface area contributed by atoms with Crippen LogP contribution in [0.4, 0.5) is 18.9 Å². The summed E-state index contributed by atoms with van der Waals surface area (Å²) in [4.78, 5) is 26.5. The Hall–Kier alpha value is -3.97. The predicted molar refractivity (Wildman–Crippen MR) is 116 cm³/mol. The predicted octanol–water partition coefficient (Wildman–Crippen LogP) is 4.26. The van der Waals surface area contributed by atoms with Crippen molar-refractivity contribution in [2.24, 2.45) is 5.73 Å². The van der Waals surface area contributed by atoms with Crippen molar-refractivity contribution >= 4 is 29.2 Å². The Bertz CT molecular complexity index is 1250. The molecule has 1 heterocycles. The number of hydrogen-bond acceptors (Lipinski definition) is 7. The molecule has 0 fully saturated rings. The molecule has 0 aliphatic carbocycles. The number of hydrogen-bond donors (Lipinski definition) is 1. The van der Waals surface area contributed by atoms with Crippen LogP contribution in [0, 0.1) is 11.3 Å². The molecule has 1 aliphatic heterocycles. The number of halogens is 4. The van der Waals surface area contributed by atoms with Crippen molar-refractivity contribution in [3.63, 3.8) is 0 Å². The van der Waals surface area contributed by atoms with E-state index in [1.54, 1.807) is 30.3 Å². The van der Waals surface area contributed by atoms with E-state index in [-0.39, 0.29) is 5.57 Å². The second-order valence-electron chi connectivity index (χ2n) is 6.97. The summed E-state index contributed by atoms with van der Waals surface area (Å²) < 4.78 is 51.4. The summed E-state index contributed by atoms with van der Waals surface area (Å²) in [5.41, 5.74) is 3.24. The Morgan fingerprint density at radius 1 is 1.06 bits per heavy atom. The van der Waals surface area contributed by atoms with E-state index in [4.69, 9.17) is 26.8 Å². The van der Waals surface area contributed by atoms with Crippen molar-refractivity contribution in [2.75, 3.05) is 19.1 Å². The first kappa shape index (κ1) is 24.7. The number of nitriles is 1. The van der Waals surface area contributed by atoms with Crippen LogP contribution in [0.1, 0.15) is 17.0 Å². The van der Waals surface area contributed by atoms with Gasteiger partial charge in [-0.25, -0.2) is 9.59 Å². The number of carbonyl (C=O) groups excluding carboxylic acids is 2. The lowest BCUT2D eigenvalue weighted by Crippen LogP contribution is -2.41. The average molecular weight is 492 g/mol. The van der Waals surface area contributed by atoms with Crippen LogP contribution in [0.5, 0.6) is 0 Å². The molecular weight excluding hydrogens is 475 g/mol. The largest absolute Gasteiger partial charge is 0.466 e. The SMILES string of the molecule is COC(=O)C1=C(C(=O)OC)N(c2c(Cl)cccc2C(F)(F)F)C(N)=C(C#N)C1c1ccccc1. The number of allylic oxidation sites excluding steroid dienone is 1. The number of alkyl halides is 3. The molecule has 3 rings (SSSR count). The number of anilines is 1. The van der Waals surface area contributed by atoms with Crippen LogP contribution in [0.25, 0.3) is 0 Å². The van der Waals surface area contributed by atoms with Crippen LogP contribution in [-0.4, -0.2) is 26.2 Å². The zero-order chi connectivity index (χ0) is 25.2. The molecule has 0 bridgehead atoms. The van der Waals surface area contributed by atoms with Crippen LogP contribution in [-0.2, 0) is 25.2 Å². The quantitative estimate of drug-likeness (QED) is 0.637. The van der Waals surface area contributed by atoms with Crippen molar-refractivity contribution in [1.82, 2.24) is 0 Å². The van der Waals surface area contributed by atoms with Crippen LogP contribution in [0.15, 0.2) is 71.2 Å². The minimum Gasteiger partial charge on any atom is -0.466 e. The lowest BCUT2D eigenvalue weighted by atomic mass is 9.80. The molecule has 11 heteroatoms. The van der Waals surface area contributed by atoms with E-state index < -0.39 is 57.4 Å². The van der Waals surface area contributed by atoms with Crippen molar-refractivity contribution < 1.29 is 32.2 Å². The van der Waals surface area contributed by atoms with Gasteiger partial charge >= 0.3 is 18.1 Å². The molecule has 0 saturated heterocycles. The van der Waals surface area contributed by atoms with Gasteiger partial charge in [-0.05, 0) is 17.7 Å². The first-order valence-electron chi connectivity index (χ1n) is 9.59. The standard InChI is InChI=1S/C23H17ClF3N3O4/c1-33-21(31)17-16(12-7-4-3-5-8-12)13(11-28)20(29)30(19(17)22(32)34-2)18-14(23(25,26)27)9-6-10-15(18)24/h3-10,16H,29H2,1-2H3. The van der Waals surface area contributed by atoms with Gasteiger partial charge < -0.3 is 15.2 Å². The molecule has 1 atom stereocenters. The third-order valence-electron chi connectivity index (χ3n) is 5.13. The fourth-order valence-electron chi connectivity index (χ4n) is 3.72. The number of nitrogens with two attached hydrogens (primary N) is 1. The molecule has 1 unspecified atom stereocenters. The molecule has 176 valence electrons. The van der Waals surface area contributed by atoms with Gasteiger partial charge in [0.15, 0.2) is 0 Å².